The van der Waals surface area contributed by atoms with Crippen LogP contribution in [0.3, 0.4) is 0 Å². The minimum atomic E-state index is -4.47. The number of carbonyl (C=O) groups is 2. The highest BCUT2D eigenvalue weighted by atomic mass is 32.2. The highest BCUT2D eigenvalue weighted by Crippen LogP contribution is 2.30. The molecule has 0 radical (unpaired) electrons. The van der Waals surface area contributed by atoms with Gasteiger partial charge in [0.2, 0.25) is 5.91 Å². The summed E-state index contributed by atoms with van der Waals surface area (Å²) in [7, 11) is -3.01. The van der Waals surface area contributed by atoms with Gasteiger partial charge in [-0.2, -0.15) is 8.42 Å². The molecule has 0 fully saturated rings. The maximum absolute atomic E-state index is 13.9. The maximum atomic E-state index is 13.9. The predicted octanol–water partition coefficient (Wildman–Crippen LogP) is 2.99. The topological polar surface area (TPSA) is 134 Å². The zero-order valence-electron chi connectivity index (χ0n) is 20.9. The van der Waals surface area contributed by atoms with E-state index in [1.54, 1.807) is 29.8 Å². The second kappa shape index (κ2) is 11.0. The summed E-state index contributed by atoms with van der Waals surface area (Å²) in [5.41, 5.74) is 2.84. The number of hydrogen-bond donors (Lipinski definition) is 2. The Morgan fingerprint density at radius 1 is 1.15 bits per heavy atom. The highest BCUT2D eigenvalue weighted by molar-refractivity contribution is 7.91. The number of hydrogen-bond acceptors (Lipinski definition) is 8. The Kier molecular flexibility index (Phi) is 7.49. The fourth-order valence-electron chi connectivity index (χ4n) is 4.20. The Morgan fingerprint density at radius 3 is 2.70 bits per heavy atom. The van der Waals surface area contributed by atoms with E-state index in [0.717, 1.165) is 21.1 Å². The minimum Gasteiger partial charge on any atom is -0.488 e. The molecular formula is C25H22F2N6O5S2. The highest BCUT2D eigenvalue weighted by Gasteiger charge is 2.33. The molecule has 2 N–H and O–H groups in total. The van der Waals surface area contributed by atoms with Crippen LogP contribution in [-0.2, 0) is 21.4 Å². The average Bonchev–Trinajstić information content (AvgIpc) is 3.39. The van der Waals surface area contributed by atoms with Gasteiger partial charge >= 0.3 is 16.2 Å². The van der Waals surface area contributed by atoms with Crippen LogP contribution < -0.4 is 24.0 Å². The van der Waals surface area contributed by atoms with Crippen LogP contribution in [0.1, 0.15) is 5.56 Å². The zero-order valence-corrected chi connectivity index (χ0v) is 22.5. The number of likely N-dealkylation sites (N-methyl/N-ethyl adjacent to an activating group) is 1. The molecule has 0 spiro atoms. The van der Waals surface area contributed by atoms with E-state index in [1.165, 1.54) is 35.5 Å². The van der Waals surface area contributed by atoms with Crippen molar-refractivity contribution in [3.8, 4) is 5.75 Å². The molecule has 0 bridgehead atoms. The van der Waals surface area contributed by atoms with Crippen molar-refractivity contribution in [1.82, 2.24) is 20.0 Å². The van der Waals surface area contributed by atoms with Crippen molar-refractivity contribution in [2.45, 2.75) is 12.5 Å². The van der Waals surface area contributed by atoms with Crippen molar-refractivity contribution in [1.29, 1.82) is 0 Å². The third-order valence-corrected chi connectivity index (χ3v) is 8.24. The van der Waals surface area contributed by atoms with Crippen LogP contribution in [0.4, 0.5) is 25.1 Å². The van der Waals surface area contributed by atoms with Crippen LogP contribution in [0.5, 0.6) is 5.75 Å². The third-order valence-electron chi connectivity index (χ3n) is 6.05. The first-order chi connectivity index (χ1) is 19.1. The molecule has 3 heterocycles. The van der Waals surface area contributed by atoms with Gasteiger partial charge in [0.25, 0.3) is 0 Å². The number of rotatable bonds is 7. The Morgan fingerprint density at radius 2 is 1.93 bits per heavy atom. The number of nitrogens with zero attached hydrogens (tertiary/aromatic N) is 4. The van der Waals surface area contributed by atoms with E-state index in [4.69, 9.17) is 4.74 Å². The van der Waals surface area contributed by atoms with E-state index < -0.39 is 39.8 Å². The smallest absolute Gasteiger partial charge is 0.330 e. The van der Waals surface area contributed by atoms with Crippen LogP contribution in [0, 0.1) is 11.6 Å². The summed E-state index contributed by atoms with van der Waals surface area (Å²) in [6, 6.07) is 8.36. The fraction of sp³-hybridized carbons (Fsp3) is 0.200. The zero-order chi connectivity index (χ0) is 28.4. The van der Waals surface area contributed by atoms with Gasteiger partial charge in [-0.3, -0.25) is 4.79 Å². The van der Waals surface area contributed by atoms with E-state index in [9.17, 15) is 26.8 Å². The van der Waals surface area contributed by atoms with Crippen molar-refractivity contribution in [2.75, 3.05) is 29.4 Å². The standard InChI is InChI=1S/C25H22F2N6O5S2/c1-32(18-4-5-22-19(13-18)29-14-39-22)24(34)20(11-15-9-16(26)12-17(27)10-15)30-25(35)31-40(36,37)33-7-8-38-21-3-2-6-28-23(21)33/h2-6,9-10,12-14,20H,7-8,11H2,1H3,(H2,30,31,35). The maximum Gasteiger partial charge on any atom is 0.330 e. The van der Waals surface area contributed by atoms with Crippen molar-refractivity contribution in [3.05, 3.63) is 77.4 Å². The number of pyridine rings is 1. The summed E-state index contributed by atoms with van der Waals surface area (Å²) in [5, 5.41) is 2.35. The van der Waals surface area contributed by atoms with E-state index in [0.29, 0.717) is 17.3 Å². The molecule has 1 atom stereocenters. The van der Waals surface area contributed by atoms with Crippen LogP contribution in [-0.4, -0.2) is 56.6 Å². The summed E-state index contributed by atoms with van der Waals surface area (Å²) in [6.45, 7) is -0.0824. The summed E-state index contributed by atoms with van der Waals surface area (Å²) < 4.78 is 63.0. The second-order valence-corrected chi connectivity index (χ2v) is 11.2. The molecule has 40 heavy (non-hydrogen) atoms. The number of aromatic nitrogens is 2. The Hall–Kier alpha value is -4.37. The van der Waals surface area contributed by atoms with Crippen molar-refractivity contribution < 1.29 is 31.5 Å². The molecular weight excluding hydrogens is 566 g/mol. The van der Waals surface area contributed by atoms with Gasteiger partial charge in [0.1, 0.15) is 24.3 Å². The number of thiazole rings is 1. The number of fused-ring (bicyclic) bond motifs is 2. The molecule has 4 aromatic rings. The average molecular weight is 589 g/mol. The molecule has 2 aromatic carbocycles. The van der Waals surface area contributed by atoms with E-state index >= 15 is 0 Å². The molecule has 0 aliphatic carbocycles. The minimum absolute atomic E-state index is 0.00548. The van der Waals surface area contributed by atoms with Gasteiger partial charge in [0.15, 0.2) is 11.6 Å². The number of carbonyl (C=O) groups excluding carboxylic acids is 2. The van der Waals surface area contributed by atoms with Gasteiger partial charge < -0.3 is 15.0 Å². The molecule has 1 unspecified atom stereocenters. The van der Waals surface area contributed by atoms with Crippen molar-refractivity contribution in [2.24, 2.45) is 0 Å². The van der Waals surface area contributed by atoms with Crippen LogP contribution >= 0.6 is 11.3 Å². The molecule has 3 amide bonds. The molecule has 2 aromatic heterocycles. The van der Waals surface area contributed by atoms with E-state index in [1.807, 2.05) is 4.72 Å². The van der Waals surface area contributed by atoms with E-state index in [2.05, 4.69) is 15.3 Å². The lowest BCUT2D eigenvalue weighted by Crippen LogP contribution is -2.55. The number of benzene rings is 2. The number of urea groups is 1. The predicted molar refractivity (Wildman–Crippen MR) is 145 cm³/mol. The molecule has 208 valence electrons. The Labute approximate surface area is 231 Å². The quantitative estimate of drug-likeness (QED) is 0.339. The lowest BCUT2D eigenvalue weighted by atomic mass is 10.0. The van der Waals surface area contributed by atoms with Crippen molar-refractivity contribution >= 4 is 55.2 Å². The molecule has 15 heteroatoms. The van der Waals surface area contributed by atoms with Crippen molar-refractivity contribution in [3.63, 3.8) is 0 Å². The number of anilines is 2. The number of halogens is 2. The first kappa shape index (κ1) is 27.2. The normalized spacial score (nSPS) is 13.7. The number of amides is 3. The summed E-state index contributed by atoms with van der Waals surface area (Å²) in [5.74, 6) is -2.18. The number of nitrogens with one attached hydrogen (secondary N) is 2. The fourth-order valence-corrected chi connectivity index (χ4v) is 5.94. The molecule has 1 aliphatic heterocycles. The monoisotopic (exact) mass is 588 g/mol. The van der Waals surface area contributed by atoms with Crippen LogP contribution in [0.2, 0.25) is 0 Å². The Balaban J connectivity index is 1.39. The number of ether oxygens (including phenoxy) is 1. The molecule has 11 nitrogen and oxygen atoms in total. The van der Waals surface area contributed by atoms with Gasteiger partial charge in [-0.1, -0.05) is 0 Å². The van der Waals surface area contributed by atoms with Gasteiger partial charge in [-0.15, -0.1) is 11.3 Å². The lowest BCUT2D eigenvalue weighted by Gasteiger charge is -2.29. The van der Waals surface area contributed by atoms with Crippen LogP contribution in [0.25, 0.3) is 10.2 Å². The first-order valence-corrected chi connectivity index (χ1v) is 14.2. The second-order valence-electron chi connectivity index (χ2n) is 8.76. The van der Waals surface area contributed by atoms with Crippen LogP contribution in [0.15, 0.2) is 60.2 Å². The van der Waals surface area contributed by atoms with Gasteiger partial charge in [-0.05, 0) is 48.0 Å². The summed E-state index contributed by atoms with van der Waals surface area (Å²) >= 11 is 1.42. The van der Waals surface area contributed by atoms with Gasteiger partial charge in [0.05, 0.1) is 22.3 Å². The summed E-state index contributed by atoms with van der Waals surface area (Å²) in [6.07, 6.45) is 1.05. The lowest BCUT2D eigenvalue weighted by molar-refractivity contribution is -0.120. The first-order valence-electron chi connectivity index (χ1n) is 11.9. The largest absolute Gasteiger partial charge is 0.488 e. The molecule has 0 saturated carbocycles. The Bertz CT molecular complexity index is 1680. The van der Waals surface area contributed by atoms with Gasteiger partial charge in [0, 0.05) is 31.4 Å². The molecule has 1 aliphatic rings. The molecule has 0 saturated heterocycles. The third kappa shape index (κ3) is 5.79. The molecule has 5 rings (SSSR count). The summed E-state index contributed by atoms with van der Waals surface area (Å²) in [4.78, 5) is 36.0. The van der Waals surface area contributed by atoms with Gasteiger partial charge in [-0.25, -0.2) is 32.6 Å². The SMILES string of the molecule is CN(C(=O)C(Cc1cc(F)cc(F)c1)NC(=O)NS(=O)(=O)N1CCOc2cccnc21)c1ccc2scnc2c1. The van der Waals surface area contributed by atoms with E-state index in [-0.39, 0.29) is 36.7 Å².